The highest BCUT2D eigenvalue weighted by molar-refractivity contribution is 5.41. The lowest BCUT2D eigenvalue weighted by Crippen LogP contribution is -2.27. The fraction of sp³-hybridized carbons (Fsp3) is 0.333. The Labute approximate surface area is 121 Å². The van der Waals surface area contributed by atoms with Crippen LogP contribution in [0.25, 0.3) is 0 Å². The van der Waals surface area contributed by atoms with Crippen LogP contribution in [-0.4, -0.2) is 19.3 Å². The molecule has 0 aliphatic carbocycles. The van der Waals surface area contributed by atoms with Crippen molar-refractivity contribution in [3.63, 3.8) is 0 Å². The molecule has 0 unspecified atom stereocenters. The molecule has 2 aromatic rings. The van der Waals surface area contributed by atoms with Crippen molar-refractivity contribution in [3.8, 4) is 11.5 Å². The lowest BCUT2D eigenvalue weighted by molar-refractivity contribution is 0.456. The van der Waals surface area contributed by atoms with E-state index < -0.39 is 0 Å². The second-order valence-electron chi connectivity index (χ2n) is 5.20. The van der Waals surface area contributed by atoms with E-state index in [-0.39, 0.29) is 40.2 Å². The largest absolute Gasteiger partial charge is 0.507 e. The van der Waals surface area contributed by atoms with Gasteiger partial charge in [-0.3, -0.25) is 9.59 Å². The van der Waals surface area contributed by atoms with Crippen LogP contribution < -0.4 is 11.1 Å². The molecule has 0 amide bonds. The third-order valence-corrected chi connectivity index (χ3v) is 3.85. The predicted octanol–water partition coefficient (Wildman–Crippen LogP) is 0.703. The molecule has 6 heteroatoms. The molecule has 0 aromatic carbocycles. The highest BCUT2D eigenvalue weighted by Crippen LogP contribution is 2.21. The van der Waals surface area contributed by atoms with Gasteiger partial charge >= 0.3 is 0 Å². The zero-order chi connectivity index (χ0) is 15.9. The molecule has 2 N–H and O–H groups in total. The van der Waals surface area contributed by atoms with Crippen LogP contribution in [0.5, 0.6) is 11.5 Å². The van der Waals surface area contributed by atoms with Crippen molar-refractivity contribution in [1.29, 1.82) is 0 Å². The Balaban J connectivity index is 2.65. The van der Waals surface area contributed by atoms with Gasteiger partial charge in [0.1, 0.15) is 11.5 Å². The molecule has 112 valence electrons. The van der Waals surface area contributed by atoms with Gasteiger partial charge in [0.05, 0.1) is 11.1 Å². The molecule has 0 radical (unpaired) electrons. The third kappa shape index (κ3) is 2.44. The van der Waals surface area contributed by atoms with Gasteiger partial charge in [0.25, 0.3) is 11.1 Å². The minimum atomic E-state index is -0.380. The Kier molecular flexibility index (Phi) is 3.63. The number of aromatic nitrogens is 2. The van der Waals surface area contributed by atoms with E-state index in [0.717, 1.165) is 0 Å². The van der Waals surface area contributed by atoms with Gasteiger partial charge in [0, 0.05) is 31.9 Å². The van der Waals surface area contributed by atoms with Crippen LogP contribution in [0.3, 0.4) is 0 Å². The van der Waals surface area contributed by atoms with Crippen molar-refractivity contribution in [2.75, 3.05) is 0 Å². The summed E-state index contributed by atoms with van der Waals surface area (Å²) in [4.78, 5) is 24.4. The fourth-order valence-corrected chi connectivity index (χ4v) is 2.22. The Hall–Kier alpha value is -2.50. The second-order valence-corrected chi connectivity index (χ2v) is 5.20. The summed E-state index contributed by atoms with van der Waals surface area (Å²) in [6, 6.07) is 2.93. The summed E-state index contributed by atoms with van der Waals surface area (Å²) < 4.78 is 2.79. The standard InChI is InChI=1S/C15H18N2O4/c1-8-5-12(18)10(14(20)16(8)3)7-11-13(19)6-9(2)17(4)15(11)21/h5-6,18-19H,7H2,1-4H3. The maximum Gasteiger partial charge on any atom is 0.257 e. The molecular weight excluding hydrogens is 272 g/mol. The topological polar surface area (TPSA) is 84.5 Å². The van der Waals surface area contributed by atoms with Crippen molar-refractivity contribution >= 4 is 0 Å². The molecular formula is C15H18N2O4. The summed E-state index contributed by atoms with van der Waals surface area (Å²) in [5, 5.41) is 19.9. The maximum atomic E-state index is 12.2. The van der Waals surface area contributed by atoms with Crippen molar-refractivity contribution in [2.45, 2.75) is 20.3 Å². The minimum Gasteiger partial charge on any atom is -0.507 e. The Bertz CT molecular complexity index is 762. The summed E-state index contributed by atoms with van der Waals surface area (Å²) in [6.45, 7) is 3.40. The van der Waals surface area contributed by atoms with E-state index in [4.69, 9.17) is 0 Å². The third-order valence-electron chi connectivity index (χ3n) is 3.85. The lowest BCUT2D eigenvalue weighted by atomic mass is 10.0. The average molecular weight is 290 g/mol. The first kappa shape index (κ1) is 14.9. The van der Waals surface area contributed by atoms with Crippen LogP contribution in [0.2, 0.25) is 0 Å². The zero-order valence-corrected chi connectivity index (χ0v) is 12.5. The number of pyridine rings is 2. The van der Waals surface area contributed by atoms with Crippen LogP contribution in [0.4, 0.5) is 0 Å². The van der Waals surface area contributed by atoms with Crippen LogP contribution >= 0.6 is 0 Å². The van der Waals surface area contributed by atoms with Crippen LogP contribution in [0.15, 0.2) is 21.7 Å². The lowest BCUT2D eigenvalue weighted by Gasteiger charge is -2.12. The van der Waals surface area contributed by atoms with Gasteiger partial charge in [-0.25, -0.2) is 0 Å². The number of hydrogen-bond acceptors (Lipinski definition) is 4. The number of aromatic hydroxyl groups is 2. The molecule has 0 bridgehead atoms. The first-order chi connectivity index (χ1) is 9.73. The summed E-state index contributed by atoms with van der Waals surface area (Å²) >= 11 is 0. The molecule has 0 saturated carbocycles. The van der Waals surface area contributed by atoms with E-state index in [9.17, 15) is 19.8 Å². The van der Waals surface area contributed by atoms with E-state index in [0.29, 0.717) is 11.4 Å². The maximum absolute atomic E-state index is 12.2. The van der Waals surface area contributed by atoms with E-state index in [1.807, 2.05) is 0 Å². The normalized spacial score (nSPS) is 10.9. The monoisotopic (exact) mass is 290 g/mol. The second kappa shape index (κ2) is 5.12. The molecule has 0 atom stereocenters. The molecule has 0 fully saturated rings. The molecule has 6 nitrogen and oxygen atoms in total. The van der Waals surface area contributed by atoms with E-state index in [1.54, 1.807) is 27.9 Å². The Morgan fingerprint density at radius 3 is 1.52 bits per heavy atom. The van der Waals surface area contributed by atoms with Crippen molar-refractivity contribution in [3.05, 3.63) is 55.4 Å². The van der Waals surface area contributed by atoms with Crippen molar-refractivity contribution in [1.82, 2.24) is 9.13 Å². The van der Waals surface area contributed by atoms with Gasteiger partial charge in [-0.05, 0) is 26.0 Å². The first-order valence-corrected chi connectivity index (χ1v) is 6.51. The van der Waals surface area contributed by atoms with Gasteiger partial charge in [-0.2, -0.15) is 0 Å². The summed E-state index contributed by atoms with van der Waals surface area (Å²) in [5.74, 6) is -0.338. The average Bonchev–Trinajstić information content (AvgIpc) is 2.42. The number of aryl methyl sites for hydroxylation is 2. The quantitative estimate of drug-likeness (QED) is 0.853. The molecule has 0 spiro atoms. The molecule has 21 heavy (non-hydrogen) atoms. The molecule has 0 aliphatic rings. The smallest absolute Gasteiger partial charge is 0.257 e. The number of rotatable bonds is 2. The van der Waals surface area contributed by atoms with Crippen LogP contribution in [0, 0.1) is 13.8 Å². The van der Waals surface area contributed by atoms with Gasteiger partial charge in [0.2, 0.25) is 0 Å². The van der Waals surface area contributed by atoms with E-state index >= 15 is 0 Å². The number of hydrogen-bond donors (Lipinski definition) is 2. The predicted molar refractivity (Wildman–Crippen MR) is 79.0 cm³/mol. The molecule has 2 aromatic heterocycles. The van der Waals surface area contributed by atoms with Crippen LogP contribution in [0.1, 0.15) is 22.5 Å². The Morgan fingerprint density at radius 2 is 1.19 bits per heavy atom. The molecule has 2 heterocycles. The molecule has 0 saturated heterocycles. The SMILES string of the molecule is Cc1cc(O)c(Cc2c(O)cc(C)n(C)c2=O)c(=O)n1C. The van der Waals surface area contributed by atoms with E-state index in [1.165, 1.54) is 21.3 Å². The molecule has 0 aliphatic heterocycles. The van der Waals surface area contributed by atoms with Crippen molar-refractivity contribution < 1.29 is 10.2 Å². The van der Waals surface area contributed by atoms with Crippen LogP contribution in [-0.2, 0) is 20.5 Å². The van der Waals surface area contributed by atoms with Gasteiger partial charge < -0.3 is 19.3 Å². The molecule has 2 rings (SSSR count). The van der Waals surface area contributed by atoms with Gasteiger partial charge in [0.15, 0.2) is 0 Å². The number of nitrogens with zero attached hydrogens (tertiary/aromatic N) is 2. The zero-order valence-electron chi connectivity index (χ0n) is 12.5. The summed E-state index contributed by atoms with van der Waals surface area (Å²) in [6.07, 6.45) is -0.114. The first-order valence-electron chi connectivity index (χ1n) is 6.51. The highest BCUT2D eigenvalue weighted by atomic mass is 16.3. The Morgan fingerprint density at radius 1 is 0.857 bits per heavy atom. The van der Waals surface area contributed by atoms with Gasteiger partial charge in [-0.15, -0.1) is 0 Å². The summed E-state index contributed by atoms with van der Waals surface area (Å²) in [5.41, 5.74) is 0.660. The fourth-order valence-electron chi connectivity index (χ4n) is 2.22. The van der Waals surface area contributed by atoms with Gasteiger partial charge in [-0.1, -0.05) is 0 Å². The van der Waals surface area contributed by atoms with E-state index in [2.05, 4.69) is 0 Å². The highest BCUT2D eigenvalue weighted by Gasteiger charge is 2.17. The minimum absolute atomic E-state index is 0.0966. The van der Waals surface area contributed by atoms with Crippen molar-refractivity contribution in [2.24, 2.45) is 14.1 Å². The summed E-state index contributed by atoms with van der Waals surface area (Å²) in [7, 11) is 3.18.